The van der Waals surface area contributed by atoms with Crippen LogP contribution in [0.1, 0.15) is 312 Å². The minimum atomic E-state index is -0.337. The molecular formula is C107H148Ir3N3O6-3. The minimum absolute atomic E-state index is 0. The number of aliphatic hydroxyl groups excluding tert-OH is 3. The summed E-state index contributed by atoms with van der Waals surface area (Å²) in [5, 5.41) is 37.8. The summed E-state index contributed by atoms with van der Waals surface area (Å²) in [4.78, 5) is 50.5. The van der Waals surface area contributed by atoms with Gasteiger partial charge in [0.15, 0.2) is 17.3 Å². The summed E-state index contributed by atoms with van der Waals surface area (Å²) in [6.07, 6.45) is 22.2. The quantitative estimate of drug-likeness (QED) is 0.0236. The van der Waals surface area contributed by atoms with Crippen LogP contribution in [0.5, 0.6) is 0 Å². The number of pyridine rings is 3. The van der Waals surface area contributed by atoms with Gasteiger partial charge in [0.05, 0.1) is 0 Å². The number of benzene rings is 6. The zero-order chi connectivity index (χ0) is 87.4. The number of hydrogen-bond acceptors (Lipinski definition) is 9. The summed E-state index contributed by atoms with van der Waals surface area (Å²) in [6.45, 7) is 62.3. The largest absolute Gasteiger partial charge is 0.512 e. The molecule has 6 aromatic carbocycles. The van der Waals surface area contributed by atoms with Crippen LogP contribution in [0.25, 0.3) is 66.1 Å². The Balaban J connectivity index is 0.000000714. The van der Waals surface area contributed by atoms with Gasteiger partial charge in [0.25, 0.3) is 0 Å². The van der Waals surface area contributed by atoms with Gasteiger partial charge in [-0.1, -0.05) is 262 Å². The minimum Gasteiger partial charge on any atom is -0.512 e. The van der Waals surface area contributed by atoms with Crippen LogP contribution < -0.4 is 0 Å². The molecule has 3 aromatic heterocycles. The standard InChI is InChI=1S/2C21H22N.C20H20N.3C15H28O2.3Ir/c1-14(2)9-17-5-6-18-7-8-22-21(20(18)13-17)19-11-15(3)10-16(4)12-19;1-5-16(4)18-7-6-17-8-9-22-21(20(17)13-18)19-11-14(2)10-15(3)12-19;1-13(2)17-6-5-16-7-8-21-20(19(16)12-17)18-10-14(3)9-15(4)11-18;3*1-7-14(5,8-2)12(16)11-13(17)15(6,9-3)10-4;;;/h5-8,10-11,13-14H,9H2,1-4H3;6-11,13,16H,5H2,1-4H3;5-10,12-13H,1-4H3;3*11,16H,7-10H2,1-6H3;;;/q3*-1;;;;;;. The van der Waals surface area contributed by atoms with E-state index in [0.29, 0.717) is 17.8 Å². The molecule has 119 heavy (non-hydrogen) atoms. The van der Waals surface area contributed by atoms with E-state index in [0.717, 1.165) is 140 Å². The number of nitrogens with zero attached hydrogens (tertiary/aromatic N) is 3. The summed E-state index contributed by atoms with van der Waals surface area (Å²) in [7, 11) is 0. The van der Waals surface area contributed by atoms with Gasteiger partial charge in [-0.15, -0.1) is 105 Å². The predicted octanol–water partition coefficient (Wildman–Crippen LogP) is 30.7. The molecule has 0 aliphatic rings. The monoisotopic (exact) mass is 2150 g/mol. The molecule has 0 aliphatic carbocycles. The molecule has 0 spiro atoms. The first-order chi connectivity index (χ1) is 54.5. The second-order valence-corrected chi connectivity index (χ2v) is 35.1. The average Bonchev–Trinajstić information content (AvgIpc) is 0.788. The number of aromatic nitrogens is 3. The molecule has 0 amide bonds. The third-order valence-electron chi connectivity index (χ3n) is 25.9. The van der Waals surface area contributed by atoms with Crippen molar-refractivity contribution in [1.29, 1.82) is 0 Å². The maximum Gasteiger partial charge on any atom is 0.164 e. The zero-order valence-corrected chi connectivity index (χ0v) is 85.6. The Hall–Kier alpha value is -6.87. The van der Waals surface area contributed by atoms with Crippen LogP contribution in [0, 0.1) is 98.1 Å². The van der Waals surface area contributed by atoms with E-state index in [2.05, 4.69) is 225 Å². The number of ketones is 3. The van der Waals surface area contributed by atoms with Crippen molar-refractivity contribution in [3.8, 4) is 33.8 Å². The molecule has 1 unspecified atom stereocenters. The molecule has 657 valence electrons. The van der Waals surface area contributed by atoms with Crippen molar-refractivity contribution < 1.29 is 90.0 Å². The molecule has 0 fully saturated rings. The topological polar surface area (TPSA) is 151 Å². The third kappa shape index (κ3) is 30.6. The van der Waals surface area contributed by atoms with E-state index in [1.54, 1.807) is 0 Å². The summed E-state index contributed by atoms with van der Waals surface area (Å²) in [6, 6.07) is 49.7. The summed E-state index contributed by atoms with van der Waals surface area (Å²) >= 11 is 0. The van der Waals surface area contributed by atoms with Crippen LogP contribution in [-0.4, -0.2) is 47.6 Å². The number of hydrogen-bond donors (Lipinski definition) is 3. The molecular weight excluding hydrogens is 2000 g/mol. The van der Waals surface area contributed by atoms with Gasteiger partial charge >= 0.3 is 0 Å². The maximum atomic E-state index is 12.2. The van der Waals surface area contributed by atoms with Crippen molar-refractivity contribution in [1.82, 2.24) is 15.0 Å². The van der Waals surface area contributed by atoms with E-state index in [9.17, 15) is 29.7 Å². The molecule has 0 saturated carbocycles. The van der Waals surface area contributed by atoms with Gasteiger partial charge in [-0.2, -0.15) is 0 Å². The van der Waals surface area contributed by atoms with Crippen molar-refractivity contribution in [3.63, 3.8) is 0 Å². The smallest absolute Gasteiger partial charge is 0.164 e. The fraction of sp³-hybridized carbons (Fsp3) is 0.495. The summed E-state index contributed by atoms with van der Waals surface area (Å²) in [5.41, 5.74) is 15.9. The molecule has 9 aromatic rings. The molecule has 3 heterocycles. The van der Waals surface area contributed by atoms with E-state index in [-0.39, 0.29) is 127 Å². The molecule has 3 N–H and O–H groups in total. The van der Waals surface area contributed by atoms with Crippen molar-refractivity contribution >= 4 is 49.7 Å². The van der Waals surface area contributed by atoms with Gasteiger partial charge in [0, 0.05) is 130 Å². The molecule has 12 heteroatoms. The fourth-order valence-corrected chi connectivity index (χ4v) is 13.8. The first-order valence-electron chi connectivity index (χ1n) is 43.6. The van der Waals surface area contributed by atoms with Crippen LogP contribution >= 0.6 is 0 Å². The van der Waals surface area contributed by atoms with Crippen molar-refractivity contribution in [2.75, 3.05) is 0 Å². The Labute approximate surface area is 761 Å². The SMILES string of the molecule is CCC(C)(CC)C(=O)C=C(O)C(C)(CC)CC.CCC(C)(CC)C(=O)C=C(O)C(C)(CC)CC.CCC(C)(CC)C(=O)C=C(O)C(C)(CC)CC.CCC(C)c1ccc2ccnc(-c3[c-]c(C)cc(C)c3)c2c1.Cc1[c-]c(-c2nccc3ccc(C(C)C)cc23)cc(C)c1.Cc1[c-]c(-c2nccc3ccc(CC(C)C)cc23)cc(C)c1.[Ir].[Ir].[Ir]. The normalized spacial score (nSPS) is 12.4. The van der Waals surface area contributed by atoms with Gasteiger partial charge in [-0.3, -0.25) is 14.4 Å². The van der Waals surface area contributed by atoms with E-state index in [1.807, 2.05) is 143 Å². The van der Waals surface area contributed by atoms with Gasteiger partial charge in [0.2, 0.25) is 0 Å². The first-order valence-corrected chi connectivity index (χ1v) is 43.6. The van der Waals surface area contributed by atoms with E-state index in [4.69, 9.17) is 0 Å². The molecule has 9 rings (SSSR count). The number of carbonyl (C=O) groups excluding carboxylic acids is 3. The number of fused-ring (bicyclic) bond motifs is 3. The molecule has 9 nitrogen and oxygen atoms in total. The Morgan fingerprint density at radius 3 is 0.866 bits per heavy atom. The maximum absolute atomic E-state index is 12.2. The fourth-order valence-electron chi connectivity index (χ4n) is 13.8. The Bertz CT molecular complexity index is 4580. The average molecular weight is 2150 g/mol. The molecule has 0 saturated heterocycles. The van der Waals surface area contributed by atoms with Crippen LogP contribution in [0.15, 0.2) is 163 Å². The molecule has 0 bridgehead atoms. The van der Waals surface area contributed by atoms with E-state index in [1.165, 1.54) is 83.9 Å². The third-order valence-corrected chi connectivity index (χ3v) is 25.9. The Morgan fingerprint density at radius 2 is 0.613 bits per heavy atom. The number of aliphatic hydroxyl groups is 3. The Morgan fingerprint density at radius 1 is 0.353 bits per heavy atom. The summed E-state index contributed by atoms with van der Waals surface area (Å²) in [5.74, 6) is 2.60. The number of carbonyl (C=O) groups is 3. The second-order valence-electron chi connectivity index (χ2n) is 35.1. The van der Waals surface area contributed by atoms with Gasteiger partial charge in [-0.05, 0) is 192 Å². The van der Waals surface area contributed by atoms with Crippen molar-refractivity contribution in [2.24, 2.45) is 38.4 Å². The van der Waals surface area contributed by atoms with E-state index < -0.39 is 0 Å². The molecule has 1 atom stereocenters. The van der Waals surface area contributed by atoms with Gasteiger partial charge < -0.3 is 30.3 Å². The molecule has 3 radical (unpaired) electrons. The summed E-state index contributed by atoms with van der Waals surface area (Å²) < 4.78 is 0. The predicted molar refractivity (Wildman–Crippen MR) is 497 cm³/mol. The van der Waals surface area contributed by atoms with Crippen molar-refractivity contribution in [2.45, 2.75) is 309 Å². The van der Waals surface area contributed by atoms with Crippen LogP contribution in [0.2, 0.25) is 0 Å². The van der Waals surface area contributed by atoms with Crippen LogP contribution in [-0.2, 0) is 81.1 Å². The molecule has 0 aliphatic heterocycles. The van der Waals surface area contributed by atoms with Crippen LogP contribution in [0.3, 0.4) is 0 Å². The van der Waals surface area contributed by atoms with E-state index >= 15 is 0 Å². The van der Waals surface area contributed by atoms with Crippen LogP contribution in [0.4, 0.5) is 0 Å². The first kappa shape index (κ1) is 110. The number of allylic oxidation sites excluding steroid dienone is 6. The van der Waals surface area contributed by atoms with Crippen molar-refractivity contribution in [3.05, 3.63) is 232 Å². The van der Waals surface area contributed by atoms with Gasteiger partial charge in [-0.25, -0.2) is 0 Å². The Kier molecular flexibility index (Phi) is 46.9. The number of rotatable bonds is 29. The zero-order valence-electron chi connectivity index (χ0n) is 78.4. The van der Waals surface area contributed by atoms with Gasteiger partial charge in [0.1, 0.15) is 17.3 Å². The second kappa shape index (κ2) is 50.6. The number of aryl methyl sites for hydroxylation is 6.